The largest absolute Gasteiger partial charge is 0.341 e. The molecule has 0 bridgehead atoms. The molecular weight excluding hydrogens is 216 g/mol. The SMILES string of the molecule is CNC(=O)Nc1ccnn1-c1ccccc1C. The van der Waals surface area contributed by atoms with Gasteiger partial charge in [0.05, 0.1) is 11.9 Å². The topological polar surface area (TPSA) is 59.0 Å². The summed E-state index contributed by atoms with van der Waals surface area (Å²) >= 11 is 0. The summed E-state index contributed by atoms with van der Waals surface area (Å²) in [7, 11) is 1.57. The highest BCUT2D eigenvalue weighted by Crippen LogP contribution is 2.17. The Morgan fingerprint density at radius 2 is 2.06 bits per heavy atom. The van der Waals surface area contributed by atoms with Crippen LogP contribution in [0.15, 0.2) is 36.5 Å². The van der Waals surface area contributed by atoms with Gasteiger partial charge in [0.15, 0.2) is 0 Å². The molecule has 0 aliphatic rings. The number of carbonyl (C=O) groups is 1. The van der Waals surface area contributed by atoms with Crippen molar-refractivity contribution in [3.8, 4) is 5.69 Å². The summed E-state index contributed by atoms with van der Waals surface area (Å²) in [5.74, 6) is 0.638. The van der Waals surface area contributed by atoms with Gasteiger partial charge < -0.3 is 5.32 Å². The van der Waals surface area contributed by atoms with Crippen LogP contribution in [-0.4, -0.2) is 22.9 Å². The zero-order valence-electron chi connectivity index (χ0n) is 9.77. The predicted octanol–water partition coefficient (Wildman–Crippen LogP) is 1.93. The first-order chi connectivity index (χ1) is 8.22. The van der Waals surface area contributed by atoms with Crippen molar-refractivity contribution in [3.63, 3.8) is 0 Å². The molecule has 5 heteroatoms. The van der Waals surface area contributed by atoms with Crippen molar-refractivity contribution in [2.75, 3.05) is 12.4 Å². The minimum absolute atomic E-state index is 0.264. The lowest BCUT2D eigenvalue weighted by Gasteiger charge is -2.10. The number of hydrogen-bond acceptors (Lipinski definition) is 2. The number of hydrogen-bond donors (Lipinski definition) is 2. The van der Waals surface area contributed by atoms with E-state index in [1.54, 1.807) is 24.0 Å². The average Bonchev–Trinajstić information content (AvgIpc) is 2.77. The fourth-order valence-corrected chi connectivity index (χ4v) is 1.57. The van der Waals surface area contributed by atoms with Gasteiger partial charge in [-0.15, -0.1) is 0 Å². The summed E-state index contributed by atoms with van der Waals surface area (Å²) in [6.45, 7) is 2.00. The minimum atomic E-state index is -0.264. The van der Waals surface area contributed by atoms with E-state index in [9.17, 15) is 4.79 Å². The van der Waals surface area contributed by atoms with Crippen molar-refractivity contribution < 1.29 is 4.79 Å². The molecule has 17 heavy (non-hydrogen) atoms. The third-order valence-electron chi connectivity index (χ3n) is 2.46. The van der Waals surface area contributed by atoms with Crippen molar-refractivity contribution in [1.82, 2.24) is 15.1 Å². The van der Waals surface area contributed by atoms with E-state index in [2.05, 4.69) is 15.7 Å². The van der Waals surface area contributed by atoms with Crippen LogP contribution in [0.1, 0.15) is 5.56 Å². The maximum Gasteiger partial charge on any atom is 0.320 e. The van der Waals surface area contributed by atoms with Gasteiger partial charge >= 0.3 is 6.03 Å². The number of aryl methyl sites for hydroxylation is 1. The normalized spacial score (nSPS) is 10.0. The summed E-state index contributed by atoms with van der Waals surface area (Å²) in [4.78, 5) is 11.3. The maximum atomic E-state index is 11.3. The number of urea groups is 1. The molecule has 1 heterocycles. The summed E-state index contributed by atoms with van der Waals surface area (Å²) in [6, 6.07) is 9.35. The van der Waals surface area contributed by atoms with Gasteiger partial charge in [-0.25, -0.2) is 9.48 Å². The third kappa shape index (κ3) is 2.28. The van der Waals surface area contributed by atoms with Crippen LogP contribution in [0.4, 0.5) is 10.6 Å². The van der Waals surface area contributed by atoms with E-state index in [4.69, 9.17) is 0 Å². The van der Waals surface area contributed by atoms with Gasteiger partial charge in [-0.2, -0.15) is 5.10 Å². The van der Waals surface area contributed by atoms with Crippen LogP contribution in [0.2, 0.25) is 0 Å². The van der Waals surface area contributed by atoms with E-state index in [0.717, 1.165) is 11.3 Å². The van der Waals surface area contributed by atoms with Gasteiger partial charge in [-0.05, 0) is 18.6 Å². The van der Waals surface area contributed by atoms with Crippen molar-refractivity contribution in [2.24, 2.45) is 0 Å². The van der Waals surface area contributed by atoms with E-state index in [-0.39, 0.29) is 6.03 Å². The van der Waals surface area contributed by atoms with Crippen molar-refractivity contribution in [3.05, 3.63) is 42.1 Å². The molecular formula is C12H14N4O. The van der Waals surface area contributed by atoms with Crippen LogP contribution in [0, 0.1) is 6.92 Å². The number of nitrogens with zero attached hydrogens (tertiary/aromatic N) is 2. The van der Waals surface area contributed by atoms with Crippen LogP contribution in [-0.2, 0) is 0 Å². The molecule has 0 radical (unpaired) electrons. The van der Waals surface area contributed by atoms with Crippen LogP contribution in [0.5, 0.6) is 0 Å². The number of nitrogens with one attached hydrogen (secondary N) is 2. The fraction of sp³-hybridized carbons (Fsp3) is 0.167. The number of rotatable bonds is 2. The van der Waals surface area contributed by atoms with Crippen molar-refractivity contribution in [2.45, 2.75) is 6.92 Å². The van der Waals surface area contributed by atoms with Gasteiger partial charge in [0.25, 0.3) is 0 Å². The van der Waals surface area contributed by atoms with Gasteiger partial charge in [-0.3, -0.25) is 5.32 Å². The second-order valence-corrected chi connectivity index (χ2v) is 3.62. The zero-order valence-corrected chi connectivity index (χ0v) is 9.77. The molecule has 1 aromatic carbocycles. The number of amides is 2. The third-order valence-corrected chi connectivity index (χ3v) is 2.46. The highest BCUT2D eigenvalue weighted by molar-refractivity contribution is 5.88. The van der Waals surface area contributed by atoms with E-state index >= 15 is 0 Å². The van der Waals surface area contributed by atoms with Gasteiger partial charge in [-0.1, -0.05) is 18.2 Å². The highest BCUT2D eigenvalue weighted by Gasteiger charge is 2.08. The molecule has 5 nitrogen and oxygen atoms in total. The molecule has 0 aliphatic carbocycles. The highest BCUT2D eigenvalue weighted by atomic mass is 16.2. The standard InChI is InChI=1S/C12H14N4O/c1-9-5-3-4-6-10(9)16-11(7-8-14-16)15-12(17)13-2/h3-8H,1-2H3,(H2,13,15,17). The molecule has 0 unspecified atom stereocenters. The molecule has 2 rings (SSSR count). The van der Waals surface area contributed by atoms with Crippen LogP contribution >= 0.6 is 0 Å². The number of carbonyl (C=O) groups excluding carboxylic acids is 1. The molecule has 0 saturated heterocycles. The van der Waals surface area contributed by atoms with Crippen molar-refractivity contribution >= 4 is 11.8 Å². The monoisotopic (exact) mass is 230 g/mol. The van der Waals surface area contributed by atoms with Gasteiger partial charge in [0.2, 0.25) is 0 Å². The van der Waals surface area contributed by atoms with Crippen molar-refractivity contribution in [1.29, 1.82) is 0 Å². The molecule has 0 fully saturated rings. The Kier molecular flexibility index (Phi) is 3.09. The minimum Gasteiger partial charge on any atom is -0.341 e. The number of benzene rings is 1. The Hall–Kier alpha value is -2.30. The molecule has 2 amide bonds. The lowest BCUT2D eigenvalue weighted by atomic mass is 10.2. The molecule has 1 aromatic heterocycles. The lowest BCUT2D eigenvalue weighted by molar-refractivity contribution is 0.254. The molecule has 0 atom stereocenters. The van der Waals surface area contributed by atoms with E-state index in [1.165, 1.54) is 0 Å². The Bertz CT molecular complexity index is 533. The number of para-hydroxylation sites is 1. The summed E-state index contributed by atoms with van der Waals surface area (Å²) < 4.78 is 1.70. The fourth-order valence-electron chi connectivity index (χ4n) is 1.57. The summed E-state index contributed by atoms with van der Waals surface area (Å²) in [6.07, 6.45) is 1.65. The van der Waals surface area contributed by atoms with Gasteiger partial charge in [0.1, 0.15) is 5.82 Å². The number of aromatic nitrogens is 2. The quantitative estimate of drug-likeness (QED) is 0.828. The summed E-state index contributed by atoms with van der Waals surface area (Å²) in [5, 5.41) is 9.43. The zero-order chi connectivity index (χ0) is 12.3. The second kappa shape index (κ2) is 4.69. The van der Waals surface area contributed by atoms with Crippen LogP contribution in [0.3, 0.4) is 0 Å². The molecule has 2 N–H and O–H groups in total. The molecule has 2 aromatic rings. The Labute approximate surface area is 99.5 Å². The van der Waals surface area contributed by atoms with E-state index in [1.807, 2.05) is 31.2 Å². The first-order valence-electron chi connectivity index (χ1n) is 5.31. The van der Waals surface area contributed by atoms with E-state index in [0.29, 0.717) is 5.82 Å². The van der Waals surface area contributed by atoms with Crippen LogP contribution < -0.4 is 10.6 Å². The maximum absolute atomic E-state index is 11.3. The van der Waals surface area contributed by atoms with Crippen LogP contribution in [0.25, 0.3) is 5.69 Å². The molecule has 0 saturated carbocycles. The molecule has 88 valence electrons. The van der Waals surface area contributed by atoms with E-state index < -0.39 is 0 Å². The predicted molar refractivity (Wildman–Crippen MR) is 66.4 cm³/mol. The molecule has 0 aliphatic heterocycles. The molecule has 0 spiro atoms. The Balaban J connectivity index is 2.37. The lowest BCUT2D eigenvalue weighted by Crippen LogP contribution is -2.25. The number of anilines is 1. The Morgan fingerprint density at radius 1 is 1.29 bits per heavy atom. The second-order valence-electron chi connectivity index (χ2n) is 3.62. The smallest absolute Gasteiger partial charge is 0.320 e. The average molecular weight is 230 g/mol. The Morgan fingerprint density at radius 3 is 2.76 bits per heavy atom. The first-order valence-corrected chi connectivity index (χ1v) is 5.31. The van der Waals surface area contributed by atoms with Gasteiger partial charge in [0, 0.05) is 13.1 Å². The summed E-state index contributed by atoms with van der Waals surface area (Å²) in [5.41, 5.74) is 2.04. The first kappa shape index (κ1) is 11.2.